The number of benzene rings is 3. The van der Waals surface area contributed by atoms with E-state index in [9.17, 15) is 5.11 Å². The Labute approximate surface area is 184 Å². The maximum Gasteiger partial charge on any atom is 0.130 e. The number of methoxy groups -OCH3 is 2. The summed E-state index contributed by atoms with van der Waals surface area (Å²) >= 11 is 3.55. The van der Waals surface area contributed by atoms with Gasteiger partial charge in [0.05, 0.1) is 14.2 Å². The molecule has 3 aromatic rings. The first kappa shape index (κ1) is 20.4. The van der Waals surface area contributed by atoms with Crippen LogP contribution in [0.5, 0.6) is 17.2 Å². The van der Waals surface area contributed by atoms with Crippen LogP contribution in [0.1, 0.15) is 35.3 Å². The Balaban J connectivity index is 1.79. The molecule has 0 saturated heterocycles. The van der Waals surface area contributed by atoms with Crippen LogP contribution in [0.15, 0.2) is 76.2 Å². The predicted octanol–water partition coefficient (Wildman–Crippen LogP) is 5.39. The van der Waals surface area contributed by atoms with Gasteiger partial charge < -0.3 is 14.6 Å². The zero-order valence-electron chi connectivity index (χ0n) is 16.8. The molecule has 0 fully saturated rings. The standard InChI is InChI=1S/C24H23BrN2O3/c1-29-17-10-7-15(8-11-17)20-14-21(18-5-3-4-6-22(18)28)27-24(26-20)19-13-16(25)9-12-23(19)30-2/h3-13,21,24,27-28H,14H2,1-2H3/t21-,24-/m1/s1. The zero-order chi connectivity index (χ0) is 21.1. The van der Waals surface area contributed by atoms with E-state index in [2.05, 4.69) is 21.2 Å². The summed E-state index contributed by atoms with van der Waals surface area (Å²) in [5.74, 6) is 1.83. The summed E-state index contributed by atoms with van der Waals surface area (Å²) in [6, 6.07) is 21.1. The third-order valence-electron chi connectivity index (χ3n) is 5.26. The Hall–Kier alpha value is -2.83. The molecule has 0 spiro atoms. The number of phenols is 1. The van der Waals surface area contributed by atoms with Crippen LogP contribution in [0, 0.1) is 0 Å². The van der Waals surface area contributed by atoms with Gasteiger partial charge in [-0.15, -0.1) is 0 Å². The SMILES string of the molecule is COc1ccc(C2=N[C@@H](c3cc(Br)ccc3OC)N[C@@H](c3ccccc3O)C2)cc1. The minimum atomic E-state index is -0.326. The van der Waals surface area contributed by atoms with Crippen LogP contribution in [0.4, 0.5) is 0 Å². The Morgan fingerprint density at radius 3 is 2.43 bits per heavy atom. The quantitative estimate of drug-likeness (QED) is 0.528. The van der Waals surface area contributed by atoms with E-state index in [1.54, 1.807) is 20.3 Å². The largest absolute Gasteiger partial charge is 0.508 e. The zero-order valence-corrected chi connectivity index (χ0v) is 18.4. The Kier molecular flexibility index (Phi) is 6.06. The molecule has 0 saturated carbocycles. The lowest BCUT2D eigenvalue weighted by atomic mass is 9.93. The molecule has 1 heterocycles. The van der Waals surface area contributed by atoms with Crippen molar-refractivity contribution in [3.8, 4) is 17.2 Å². The summed E-state index contributed by atoms with van der Waals surface area (Å²) in [5, 5.41) is 14.0. The Morgan fingerprint density at radius 1 is 0.967 bits per heavy atom. The molecule has 2 atom stereocenters. The van der Waals surface area contributed by atoms with Crippen LogP contribution in [0.2, 0.25) is 0 Å². The minimum absolute atomic E-state index is 0.102. The molecule has 30 heavy (non-hydrogen) atoms. The first-order valence-electron chi connectivity index (χ1n) is 9.67. The predicted molar refractivity (Wildman–Crippen MR) is 122 cm³/mol. The van der Waals surface area contributed by atoms with E-state index in [-0.39, 0.29) is 18.0 Å². The number of nitrogens with one attached hydrogen (secondary N) is 1. The van der Waals surface area contributed by atoms with Crippen LogP contribution in [-0.2, 0) is 0 Å². The fourth-order valence-corrected chi connectivity index (χ4v) is 4.10. The topological polar surface area (TPSA) is 63.1 Å². The van der Waals surface area contributed by atoms with Crippen molar-refractivity contribution in [3.63, 3.8) is 0 Å². The highest BCUT2D eigenvalue weighted by Gasteiger charge is 2.29. The molecule has 1 aliphatic heterocycles. The molecule has 0 aromatic heterocycles. The number of hydrogen-bond acceptors (Lipinski definition) is 5. The molecule has 4 rings (SSSR count). The monoisotopic (exact) mass is 466 g/mol. The van der Waals surface area contributed by atoms with E-state index >= 15 is 0 Å². The van der Waals surface area contributed by atoms with Crippen molar-refractivity contribution in [2.75, 3.05) is 14.2 Å². The maximum atomic E-state index is 10.5. The summed E-state index contributed by atoms with van der Waals surface area (Å²) < 4.78 is 11.8. The van der Waals surface area contributed by atoms with Crippen LogP contribution >= 0.6 is 15.9 Å². The van der Waals surface area contributed by atoms with Crippen molar-refractivity contribution in [2.45, 2.75) is 18.6 Å². The van der Waals surface area contributed by atoms with Gasteiger partial charge in [-0.1, -0.05) is 34.1 Å². The summed E-state index contributed by atoms with van der Waals surface area (Å²) in [7, 11) is 3.31. The Bertz CT molecular complexity index is 1070. The van der Waals surface area contributed by atoms with Gasteiger partial charge in [0.1, 0.15) is 23.4 Å². The lowest BCUT2D eigenvalue weighted by Crippen LogP contribution is -2.33. The highest BCUT2D eigenvalue weighted by Crippen LogP contribution is 2.37. The number of nitrogens with zero attached hydrogens (tertiary/aromatic N) is 1. The number of halogens is 1. The van der Waals surface area contributed by atoms with Crippen molar-refractivity contribution in [2.24, 2.45) is 4.99 Å². The minimum Gasteiger partial charge on any atom is -0.508 e. The van der Waals surface area contributed by atoms with Crippen LogP contribution in [0.25, 0.3) is 0 Å². The first-order valence-corrected chi connectivity index (χ1v) is 10.5. The normalized spacial score (nSPS) is 18.6. The van der Waals surface area contributed by atoms with Gasteiger partial charge in [0.15, 0.2) is 0 Å². The Morgan fingerprint density at radius 2 is 1.73 bits per heavy atom. The maximum absolute atomic E-state index is 10.5. The second-order valence-corrected chi connectivity index (χ2v) is 7.99. The van der Waals surface area contributed by atoms with E-state index < -0.39 is 0 Å². The second-order valence-electron chi connectivity index (χ2n) is 7.08. The average Bonchev–Trinajstić information content (AvgIpc) is 2.79. The molecule has 2 N–H and O–H groups in total. The lowest BCUT2D eigenvalue weighted by Gasteiger charge is -2.31. The molecular weight excluding hydrogens is 444 g/mol. The molecule has 0 unspecified atom stereocenters. The van der Waals surface area contributed by atoms with E-state index in [0.717, 1.165) is 38.4 Å². The number of aliphatic imine (C=N–C) groups is 1. The summed E-state index contributed by atoms with van der Waals surface area (Å²) in [4.78, 5) is 5.02. The van der Waals surface area contributed by atoms with Crippen molar-refractivity contribution >= 4 is 21.6 Å². The average molecular weight is 467 g/mol. The van der Waals surface area contributed by atoms with Crippen LogP contribution in [-0.4, -0.2) is 25.0 Å². The second kappa shape index (κ2) is 8.90. The van der Waals surface area contributed by atoms with Crippen molar-refractivity contribution in [3.05, 3.63) is 87.9 Å². The van der Waals surface area contributed by atoms with Gasteiger partial charge in [-0.25, -0.2) is 0 Å². The van der Waals surface area contributed by atoms with Crippen LogP contribution < -0.4 is 14.8 Å². The molecule has 0 radical (unpaired) electrons. The highest BCUT2D eigenvalue weighted by atomic mass is 79.9. The fraction of sp³-hybridized carbons (Fsp3) is 0.208. The van der Waals surface area contributed by atoms with Gasteiger partial charge >= 0.3 is 0 Å². The van der Waals surface area contributed by atoms with Crippen molar-refractivity contribution in [1.82, 2.24) is 5.32 Å². The summed E-state index contributed by atoms with van der Waals surface area (Å²) in [6.07, 6.45) is 0.324. The molecule has 5 nitrogen and oxygen atoms in total. The van der Waals surface area contributed by atoms with Gasteiger partial charge in [-0.2, -0.15) is 0 Å². The summed E-state index contributed by atoms with van der Waals surface area (Å²) in [5.41, 5.74) is 3.75. The smallest absolute Gasteiger partial charge is 0.130 e. The number of rotatable bonds is 5. The van der Waals surface area contributed by atoms with E-state index in [4.69, 9.17) is 14.5 Å². The number of phenolic OH excluding ortho intramolecular Hbond substituents is 1. The first-order chi connectivity index (χ1) is 14.6. The molecule has 3 aromatic carbocycles. The van der Waals surface area contributed by atoms with E-state index in [1.807, 2.05) is 60.7 Å². The number of ether oxygens (including phenoxy) is 2. The fourth-order valence-electron chi connectivity index (χ4n) is 3.72. The van der Waals surface area contributed by atoms with Gasteiger partial charge in [-0.05, 0) is 54.1 Å². The van der Waals surface area contributed by atoms with Gasteiger partial charge in [0.25, 0.3) is 0 Å². The summed E-state index contributed by atoms with van der Waals surface area (Å²) in [6.45, 7) is 0. The molecular formula is C24H23BrN2O3. The lowest BCUT2D eigenvalue weighted by molar-refractivity contribution is 0.381. The third kappa shape index (κ3) is 4.20. The number of hydrogen-bond donors (Lipinski definition) is 2. The van der Waals surface area contributed by atoms with E-state index in [1.165, 1.54) is 0 Å². The van der Waals surface area contributed by atoms with Gasteiger partial charge in [-0.3, -0.25) is 10.3 Å². The molecule has 154 valence electrons. The highest BCUT2D eigenvalue weighted by molar-refractivity contribution is 9.10. The third-order valence-corrected chi connectivity index (χ3v) is 5.76. The molecule has 0 bridgehead atoms. The van der Waals surface area contributed by atoms with Crippen molar-refractivity contribution < 1.29 is 14.6 Å². The van der Waals surface area contributed by atoms with Gasteiger partial charge in [0.2, 0.25) is 0 Å². The molecule has 6 heteroatoms. The van der Waals surface area contributed by atoms with Crippen molar-refractivity contribution in [1.29, 1.82) is 0 Å². The van der Waals surface area contributed by atoms with E-state index in [0.29, 0.717) is 6.42 Å². The number of aromatic hydroxyl groups is 1. The number of para-hydroxylation sites is 1. The molecule has 0 aliphatic carbocycles. The molecule has 1 aliphatic rings. The van der Waals surface area contributed by atoms with Gasteiger partial charge in [0, 0.05) is 33.8 Å². The van der Waals surface area contributed by atoms with Crippen LogP contribution in [0.3, 0.4) is 0 Å². The molecule has 0 amide bonds.